The van der Waals surface area contributed by atoms with E-state index in [1.165, 1.54) is 40.6 Å². The van der Waals surface area contributed by atoms with E-state index in [1.807, 2.05) is 11.8 Å². The first-order chi connectivity index (χ1) is 7.93. The van der Waals surface area contributed by atoms with Gasteiger partial charge in [-0.15, -0.1) is 11.8 Å². The van der Waals surface area contributed by atoms with Crippen molar-refractivity contribution in [3.8, 4) is 0 Å². The molecule has 1 N–H and O–H groups in total. The highest BCUT2D eigenvalue weighted by molar-refractivity contribution is 7.99. The van der Waals surface area contributed by atoms with E-state index in [2.05, 4.69) is 41.3 Å². The summed E-state index contributed by atoms with van der Waals surface area (Å²) in [6.45, 7) is 0. The Bertz CT molecular complexity index is 361. The van der Waals surface area contributed by atoms with Crippen LogP contribution in [-0.4, -0.2) is 23.3 Å². The topological polar surface area (TPSA) is 12.0 Å². The minimum atomic E-state index is 0.598. The second-order valence-corrected chi connectivity index (χ2v) is 6.74. The van der Waals surface area contributed by atoms with Crippen LogP contribution in [0.2, 0.25) is 0 Å². The average molecular weight is 251 g/mol. The second kappa shape index (κ2) is 5.03. The summed E-state index contributed by atoms with van der Waals surface area (Å²) in [6, 6.07) is 10.2. The number of rotatable bonds is 2. The molecule has 2 aliphatic rings. The Hall–Kier alpha value is -0.120. The van der Waals surface area contributed by atoms with Gasteiger partial charge in [-0.3, -0.25) is 0 Å². The fourth-order valence-corrected chi connectivity index (χ4v) is 4.76. The Kier molecular flexibility index (Phi) is 3.46. The van der Waals surface area contributed by atoms with Crippen LogP contribution in [-0.2, 0) is 0 Å². The normalized spacial score (nSPS) is 29.0. The summed E-state index contributed by atoms with van der Waals surface area (Å²) in [6.07, 6.45) is 2.62. The average Bonchev–Trinajstić information content (AvgIpc) is 2.82. The fraction of sp³-hybridized carbons (Fsp3) is 0.538. The van der Waals surface area contributed by atoms with Crippen LogP contribution in [0.3, 0.4) is 0 Å². The molecule has 0 spiro atoms. The van der Waals surface area contributed by atoms with Crippen molar-refractivity contribution < 1.29 is 0 Å². The highest BCUT2D eigenvalue weighted by atomic mass is 32.2. The zero-order valence-electron chi connectivity index (χ0n) is 9.32. The molecule has 0 radical (unpaired) electrons. The molecule has 2 heterocycles. The summed E-state index contributed by atoms with van der Waals surface area (Å²) in [7, 11) is 0. The van der Waals surface area contributed by atoms with Gasteiger partial charge in [0.05, 0.1) is 0 Å². The summed E-state index contributed by atoms with van der Waals surface area (Å²) in [4.78, 5) is 1.48. The molecule has 16 heavy (non-hydrogen) atoms. The molecule has 3 heteroatoms. The van der Waals surface area contributed by atoms with Gasteiger partial charge in [0.25, 0.3) is 0 Å². The molecule has 0 aromatic heterocycles. The van der Waals surface area contributed by atoms with E-state index in [4.69, 9.17) is 0 Å². The Balaban J connectivity index is 1.76. The van der Waals surface area contributed by atoms with Crippen molar-refractivity contribution >= 4 is 23.5 Å². The molecule has 0 amide bonds. The molecular formula is C13H17NS2. The van der Waals surface area contributed by atoms with Crippen molar-refractivity contribution in [2.45, 2.75) is 29.8 Å². The zero-order chi connectivity index (χ0) is 10.8. The smallest absolute Gasteiger partial charge is 0.0342 e. The molecule has 1 fully saturated rings. The lowest BCUT2D eigenvalue weighted by Crippen LogP contribution is -2.34. The molecule has 1 aromatic rings. The largest absolute Gasteiger partial charge is 0.306 e. The van der Waals surface area contributed by atoms with E-state index < -0.39 is 0 Å². The molecule has 2 atom stereocenters. The molecule has 86 valence electrons. The number of benzene rings is 1. The fourth-order valence-electron chi connectivity index (χ4n) is 2.47. The van der Waals surface area contributed by atoms with Crippen LogP contribution in [0.15, 0.2) is 29.2 Å². The maximum absolute atomic E-state index is 3.84. The molecule has 2 aliphatic heterocycles. The van der Waals surface area contributed by atoms with Crippen molar-refractivity contribution in [2.75, 3.05) is 17.3 Å². The number of thioether (sulfide) groups is 2. The van der Waals surface area contributed by atoms with Crippen molar-refractivity contribution in [1.82, 2.24) is 5.32 Å². The number of hydrogen-bond donors (Lipinski definition) is 1. The van der Waals surface area contributed by atoms with E-state index in [1.54, 1.807) is 0 Å². The van der Waals surface area contributed by atoms with E-state index >= 15 is 0 Å². The second-order valence-electron chi connectivity index (χ2n) is 4.45. The Morgan fingerprint density at radius 2 is 2.06 bits per heavy atom. The first-order valence-corrected chi connectivity index (χ1v) is 8.13. The van der Waals surface area contributed by atoms with Gasteiger partial charge >= 0.3 is 0 Å². The maximum atomic E-state index is 3.84. The van der Waals surface area contributed by atoms with Gasteiger partial charge in [0, 0.05) is 22.7 Å². The quantitative estimate of drug-likeness (QED) is 0.866. The SMILES string of the molecule is c1ccc2c(c1)SCCC2NC1CCSC1. The van der Waals surface area contributed by atoms with Gasteiger partial charge in [-0.25, -0.2) is 0 Å². The third-order valence-corrected chi connectivity index (χ3v) is 5.61. The molecule has 1 saturated heterocycles. The summed E-state index contributed by atoms with van der Waals surface area (Å²) < 4.78 is 0. The van der Waals surface area contributed by atoms with Crippen LogP contribution in [0.25, 0.3) is 0 Å². The maximum Gasteiger partial charge on any atom is 0.0342 e. The lowest BCUT2D eigenvalue weighted by molar-refractivity contribution is 0.445. The first-order valence-electron chi connectivity index (χ1n) is 5.99. The van der Waals surface area contributed by atoms with E-state index in [9.17, 15) is 0 Å². The van der Waals surface area contributed by atoms with Gasteiger partial charge in [0.2, 0.25) is 0 Å². The van der Waals surface area contributed by atoms with E-state index in [0.29, 0.717) is 6.04 Å². The predicted octanol–water partition coefficient (Wildman–Crippen LogP) is 3.32. The summed E-state index contributed by atoms with van der Waals surface area (Å²) >= 11 is 4.09. The standard InChI is InChI=1S/C13H17NS2/c1-2-4-13-11(3-1)12(6-8-16-13)14-10-5-7-15-9-10/h1-4,10,12,14H,5-9H2. The molecule has 1 nitrogen and oxygen atoms in total. The Labute approximate surface area is 106 Å². The molecule has 2 unspecified atom stereocenters. The van der Waals surface area contributed by atoms with Crippen LogP contribution in [0.4, 0.5) is 0 Å². The van der Waals surface area contributed by atoms with Crippen LogP contribution >= 0.6 is 23.5 Å². The lowest BCUT2D eigenvalue weighted by Gasteiger charge is -2.28. The van der Waals surface area contributed by atoms with Crippen molar-refractivity contribution in [2.24, 2.45) is 0 Å². The van der Waals surface area contributed by atoms with Gasteiger partial charge < -0.3 is 5.32 Å². The van der Waals surface area contributed by atoms with Crippen LogP contribution < -0.4 is 5.32 Å². The van der Waals surface area contributed by atoms with Gasteiger partial charge in [-0.2, -0.15) is 11.8 Å². The monoisotopic (exact) mass is 251 g/mol. The van der Waals surface area contributed by atoms with Gasteiger partial charge in [-0.05, 0) is 36.0 Å². The molecule has 0 aliphatic carbocycles. The van der Waals surface area contributed by atoms with Gasteiger partial charge in [0.1, 0.15) is 0 Å². The summed E-state index contributed by atoms with van der Waals surface area (Å²) in [5.41, 5.74) is 1.52. The van der Waals surface area contributed by atoms with Crippen LogP contribution in [0.5, 0.6) is 0 Å². The third-order valence-electron chi connectivity index (χ3n) is 3.33. The minimum absolute atomic E-state index is 0.598. The van der Waals surface area contributed by atoms with Gasteiger partial charge in [-0.1, -0.05) is 18.2 Å². The molecule has 1 aromatic carbocycles. The van der Waals surface area contributed by atoms with Crippen LogP contribution in [0, 0.1) is 0 Å². The molecule has 0 bridgehead atoms. The lowest BCUT2D eigenvalue weighted by atomic mass is 10.0. The van der Waals surface area contributed by atoms with Crippen molar-refractivity contribution in [1.29, 1.82) is 0 Å². The van der Waals surface area contributed by atoms with E-state index in [0.717, 1.165) is 6.04 Å². The highest BCUT2D eigenvalue weighted by Gasteiger charge is 2.24. The number of hydrogen-bond acceptors (Lipinski definition) is 3. The number of fused-ring (bicyclic) bond motifs is 1. The Morgan fingerprint density at radius 1 is 1.12 bits per heavy atom. The Morgan fingerprint density at radius 3 is 2.94 bits per heavy atom. The van der Waals surface area contributed by atoms with Crippen LogP contribution in [0.1, 0.15) is 24.4 Å². The third kappa shape index (κ3) is 2.27. The minimum Gasteiger partial charge on any atom is -0.306 e. The van der Waals surface area contributed by atoms with Crippen molar-refractivity contribution in [3.05, 3.63) is 29.8 Å². The molecular weight excluding hydrogens is 234 g/mol. The first kappa shape index (κ1) is 11.0. The molecule has 0 saturated carbocycles. The molecule has 3 rings (SSSR count). The summed E-state index contributed by atoms with van der Waals surface area (Å²) in [5.74, 6) is 3.89. The summed E-state index contributed by atoms with van der Waals surface area (Å²) in [5, 5.41) is 3.84. The van der Waals surface area contributed by atoms with Gasteiger partial charge in [0.15, 0.2) is 0 Å². The predicted molar refractivity (Wildman–Crippen MR) is 73.4 cm³/mol. The zero-order valence-corrected chi connectivity index (χ0v) is 10.9. The van der Waals surface area contributed by atoms with Crippen molar-refractivity contribution in [3.63, 3.8) is 0 Å². The van der Waals surface area contributed by atoms with E-state index in [-0.39, 0.29) is 0 Å². The number of nitrogens with one attached hydrogen (secondary N) is 1. The highest BCUT2D eigenvalue weighted by Crippen LogP contribution is 2.36.